The molecule has 0 spiro atoms. The van der Waals surface area contributed by atoms with E-state index in [2.05, 4.69) is 0 Å². The molecule has 0 saturated carbocycles. The van der Waals surface area contributed by atoms with Gasteiger partial charge in [0.05, 0.1) is 23.0 Å². The van der Waals surface area contributed by atoms with Gasteiger partial charge in [0.2, 0.25) is 26.0 Å². The van der Waals surface area contributed by atoms with Gasteiger partial charge in [-0.3, -0.25) is 4.79 Å². The molecule has 0 radical (unpaired) electrons. The molecular weight excluding hydrogens is 514 g/mol. The quantitative estimate of drug-likeness (QED) is 0.529. The van der Waals surface area contributed by atoms with Crippen LogP contribution in [-0.2, 0) is 36.0 Å². The number of carbonyl (C=O) groups is 1. The van der Waals surface area contributed by atoms with E-state index < -0.39 is 20.0 Å². The van der Waals surface area contributed by atoms with Gasteiger partial charge in [-0.1, -0.05) is 23.7 Å². The van der Waals surface area contributed by atoms with E-state index in [9.17, 15) is 21.6 Å². The van der Waals surface area contributed by atoms with Crippen molar-refractivity contribution in [1.82, 2.24) is 13.5 Å². The molecule has 2 aromatic rings. The Morgan fingerprint density at radius 2 is 1.23 bits per heavy atom. The zero-order chi connectivity index (χ0) is 25.1. The molecule has 12 heteroatoms. The third-order valence-electron chi connectivity index (χ3n) is 6.20. The largest absolute Gasteiger partial charge is 0.379 e. The lowest BCUT2D eigenvalue weighted by atomic mass is 10.1. The molecule has 2 aliphatic heterocycles. The molecule has 2 aromatic carbocycles. The molecule has 0 aromatic heterocycles. The zero-order valence-corrected chi connectivity index (χ0v) is 21.6. The normalized spacial score (nSPS) is 18.5. The third-order valence-corrected chi connectivity index (χ3v) is 10.3. The Morgan fingerprint density at radius 3 is 1.77 bits per heavy atom. The van der Waals surface area contributed by atoms with E-state index >= 15 is 0 Å². The molecule has 0 atom stereocenters. The topological polar surface area (TPSA) is 104 Å². The van der Waals surface area contributed by atoms with E-state index in [1.807, 2.05) is 0 Å². The molecule has 2 aliphatic rings. The lowest BCUT2D eigenvalue weighted by molar-refractivity contribution is -0.132. The number of benzene rings is 2. The highest BCUT2D eigenvalue weighted by Gasteiger charge is 2.30. The standard InChI is InChI=1S/C23H28ClN3O6S2/c24-20-4-8-22(9-5-20)34(29,30)26-13-11-25(12-14-26)23(28)10-3-19-1-6-21(7-2-19)35(31,32)27-15-17-33-18-16-27/h1-2,4-9H,3,10-18H2. The van der Waals surface area contributed by atoms with Crippen LogP contribution in [0.25, 0.3) is 0 Å². The fourth-order valence-electron chi connectivity index (χ4n) is 4.11. The fourth-order valence-corrected chi connectivity index (χ4v) is 7.06. The fraction of sp³-hybridized carbons (Fsp3) is 0.435. The predicted molar refractivity (Wildman–Crippen MR) is 131 cm³/mol. The van der Waals surface area contributed by atoms with Gasteiger partial charge in [-0.2, -0.15) is 8.61 Å². The summed E-state index contributed by atoms with van der Waals surface area (Å²) >= 11 is 5.85. The average Bonchev–Trinajstić information content (AvgIpc) is 2.88. The van der Waals surface area contributed by atoms with Crippen molar-refractivity contribution in [1.29, 1.82) is 0 Å². The molecule has 0 aliphatic carbocycles. The molecule has 35 heavy (non-hydrogen) atoms. The van der Waals surface area contributed by atoms with Crippen molar-refractivity contribution in [2.75, 3.05) is 52.5 Å². The first-order chi connectivity index (χ1) is 16.7. The van der Waals surface area contributed by atoms with E-state index in [0.29, 0.717) is 50.8 Å². The minimum absolute atomic E-state index is 0.0569. The molecule has 0 N–H and O–H groups in total. The highest BCUT2D eigenvalue weighted by molar-refractivity contribution is 7.89. The second-order valence-corrected chi connectivity index (χ2v) is 12.7. The molecule has 190 valence electrons. The maximum Gasteiger partial charge on any atom is 0.243 e. The number of hydrogen-bond donors (Lipinski definition) is 0. The molecule has 2 fully saturated rings. The van der Waals surface area contributed by atoms with Crippen LogP contribution in [0.5, 0.6) is 0 Å². The van der Waals surface area contributed by atoms with Gasteiger partial charge in [0.15, 0.2) is 0 Å². The summed E-state index contributed by atoms with van der Waals surface area (Å²) in [6.45, 7) is 2.56. The maximum absolute atomic E-state index is 12.8. The molecule has 0 bridgehead atoms. The van der Waals surface area contributed by atoms with Gasteiger partial charge >= 0.3 is 0 Å². The molecular formula is C23H28ClN3O6S2. The number of carbonyl (C=O) groups excluding carboxylic acids is 1. The highest BCUT2D eigenvalue weighted by atomic mass is 35.5. The van der Waals surface area contributed by atoms with Gasteiger partial charge < -0.3 is 9.64 Å². The van der Waals surface area contributed by atoms with Crippen LogP contribution >= 0.6 is 11.6 Å². The van der Waals surface area contributed by atoms with Gasteiger partial charge in [0.1, 0.15) is 0 Å². The van der Waals surface area contributed by atoms with Crippen LogP contribution in [0, 0.1) is 0 Å². The van der Waals surface area contributed by atoms with Gasteiger partial charge in [0, 0.05) is 50.7 Å². The van der Waals surface area contributed by atoms with Crippen molar-refractivity contribution in [3.05, 3.63) is 59.1 Å². The minimum atomic E-state index is -3.63. The number of morpholine rings is 1. The summed E-state index contributed by atoms with van der Waals surface area (Å²) in [4.78, 5) is 14.8. The van der Waals surface area contributed by atoms with E-state index in [4.69, 9.17) is 16.3 Å². The third kappa shape index (κ3) is 6.04. The number of amides is 1. The molecule has 9 nitrogen and oxygen atoms in total. The van der Waals surface area contributed by atoms with Gasteiger partial charge in [-0.15, -0.1) is 0 Å². The summed E-state index contributed by atoms with van der Waals surface area (Å²) in [6, 6.07) is 12.7. The summed E-state index contributed by atoms with van der Waals surface area (Å²) in [5.74, 6) is -0.0569. The minimum Gasteiger partial charge on any atom is -0.379 e. The Hall–Kier alpha value is -2.02. The highest BCUT2D eigenvalue weighted by Crippen LogP contribution is 2.21. The molecule has 2 saturated heterocycles. The Bertz CT molecular complexity index is 1240. The van der Waals surface area contributed by atoms with Gasteiger partial charge in [-0.05, 0) is 48.4 Å². The van der Waals surface area contributed by atoms with Crippen LogP contribution in [0.4, 0.5) is 0 Å². The Balaban J connectivity index is 1.28. The van der Waals surface area contributed by atoms with E-state index in [0.717, 1.165) is 5.56 Å². The van der Waals surface area contributed by atoms with Crippen LogP contribution < -0.4 is 0 Å². The Morgan fingerprint density at radius 1 is 0.743 bits per heavy atom. The number of ether oxygens (including phenoxy) is 1. The monoisotopic (exact) mass is 541 g/mol. The van der Waals surface area contributed by atoms with Crippen molar-refractivity contribution < 1.29 is 26.4 Å². The van der Waals surface area contributed by atoms with Gasteiger partial charge in [0.25, 0.3) is 0 Å². The molecule has 0 unspecified atom stereocenters. The number of piperazine rings is 1. The summed E-state index contributed by atoms with van der Waals surface area (Å²) in [7, 11) is -7.18. The number of nitrogens with zero attached hydrogens (tertiary/aromatic N) is 3. The number of sulfonamides is 2. The summed E-state index contributed by atoms with van der Waals surface area (Å²) < 4.78 is 59.1. The Kier molecular flexibility index (Phi) is 8.14. The maximum atomic E-state index is 12.8. The van der Waals surface area contributed by atoms with E-state index in [1.165, 1.54) is 20.7 Å². The van der Waals surface area contributed by atoms with Crippen LogP contribution in [0.2, 0.25) is 5.02 Å². The lowest BCUT2D eigenvalue weighted by Gasteiger charge is -2.34. The van der Waals surface area contributed by atoms with Crippen molar-refractivity contribution in [2.45, 2.75) is 22.6 Å². The van der Waals surface area contributed by atoms with Crippen molar-refractivity contribution in [3.8, 4) is 0 Å². The summed E-state index contributed by atoms with van der Waals surface area (Å²) in [5.41, 5.74) is 0.864. The summed E-state index contributed by atoms with van der Waals surface area (Å²) in [5, 5.41) is 0.465. The van der Waals surface area contributed by atoms with Gasteiger partial charge in [-0.25, -0.2) is 16.8 Å². The second kappa shape index (κ2) is 10.9. The van der Waals surface area contributed by atoms with Crippen LogP contribution in [-0.4, -0.2) is 88.7 Å². The number of halogens is 1. The Labute approximate surface area is 211 Å². The first-order valence-electron chi connectivity index (χ1n) is 11.4. The number of rotatable bonds is 7. The SMILES string of the molecule is O=C(CCc1ccc(S(=O)(=O)N2CCOCC2)cc1)N1CCN(S(=O)(=O)c2ccc(Cl)cc2)CC1. The zero-order valence-electron chi connectivity index (χ0n) is 19.2. The molecule has 4 rings (SSSR count). The van der Waals surface area contributed by atoms with E-state index in [-0.39, 0.29) is 35.2 Å². The molecule has 1 amide bonds. The smallest absolute Gasteiger partial charge is 0.243 e. The summed E-state index contributed by atoms with van der Waals surface area (Å²) in [6.07, 6.45) is 0.736. The lowest BCUT2D eigenvalue weighted by Crippen LogP contribution is -2.50. The average molecular weight is 542 g/mol. The van der Waals surface area contributed by atoms with Crippen LogP contribution in [0.3, 0.4) is 0 Å². The van der Waals surface area contributed by atoms with Crippen LogP contribution in [0.15, 0.2) is 58.3 Å². The second-order valence-electron chi connectivity index (χ2n) is 8.40. The first-order valence-corrected chi connectivity index (χ1v) is 14.6. The predicted octanol–water partition coefficient (Wildman–Crippen LogP) is 1.83. The number of aryl methyl sites for hydroxylation is 1. The van der Waals surface area contributed by atoms with Crippen molar-refractivity contribution >= 4 is 37.6 Å². The van der Waals surface area contributed by atoms with E-state index in [1.54, 1.807) is 41.3 Å². The number of hydrogen-bond acceptors (Lipinski definition) is 6. The van der Waals surface area contributed by atoms with Crippen molar-refractivity contribution in [3.63, 3.8) is 0 Å². The van der Waals surface area contributed by atoms with Crippen LogP contribution in [0.1, 0.15) is 12.0 Å². The van der Waals surface area contributed by atoms with Crippen molar-refractivity contribution in [2.24, 2.45) is 0 Å². The molecule has 2 heterocycles. The first kappa shape index (κ1) is 26.1.